The lowest BCUT2D eigenvalue weighted by Crippen LogP contribution is -2.24. The third-order valence-electron chi connectivity index (χ3n) is 2.29. The van der Waals surface area contributed by atoms with Gasteiger partial charge in [0.25, 0.3) is 0 Å². The van der Waals surface area contributed by atoms with E-state index in [0.717, 1.165) is 0 Å². The molecular weight excluding hydrogens is 240 g/mol. The van der Waals surface area contributed by atoms with Gasteiger partial charge in [-0.2, -0.15) is 0 Å². The Kier molecular flexibility index (Phi) is 6.85. The van der Waals surface area contributed by atoms with E-state index in [1.165, 1.54) is 27.7 Å². The summed E-state index contributed by atoms with van der Waals surface area (Å²) in [5, 5.41) is 0. The Labute approximate surface area is 106 Å². The van der Waals surface area contributed by atoms with Gasteiger partial charge < -0.3 is 9.47 Å². The maximum absolute atomic E-state index is 11.2. The lowest BCUT2D eigenvalue weighted by atomic mass is 10.2. The molecule has 102 valence electrons. The van der Waals surface area contributed by atoms with Crippen molar-refractivity contribution in [3.8, 4) is 0 Å². The van der Waals surface area contributed by atoms with Gasteiger partial charge in [0.2, 0.25) is 0 Å². The van der Waals surface area contributed by atoms with Crippen LogP contribution in [0, 0.1) is 0 Å². The fourth-order valence-corrected chi connectivity index (χ4v) is 0.882. The van der Waals surface area contributed by atoms with Gasteiger partial charge in [-0.15, -0.1) is 0 Å². The maximum Gasteiger partial charge on any atom is 0.307 e. The van der Waals surface area contributed by atoms with Crippen molar-refractivity contribution in [2.45, 2.75) is 52.7 Å². The molecule has 0 rings (SSSR count). The Morgan fingerprint density at radius 2 is 1.06 bits per heavy atom. The molecule has 0 bridgehead atoms. The number of rotatable bonds is 7. The van der Waals surface area contributed by atoms with Crippen LogP contribution in [0.5, 0.6) is 0 Å². The summed E-state index contributed by atoms with van der Waals surface area (Å²) in [5.41, 5.74) is 0. The van der Waals surface area contributed by atoms with Crippen LogP contribution < -0.4 is 0 Å². The van der Waals surface area contributed by atoms with Gasteiger partial charge in [0, 0.05) is 0 Å². The highest BCUT2D eigenvalue weighted by Gasteiger charge is 2.17. The molecule has 0 aromatic rings. The summed E-state index contributed by atoms with van der Waals surface area (Å²) in [4.78, 5) is 44.1. The molecule has 0 aromatic carbocycles. The Bertz CT molecular complexity index is 312. The molecule has 0 aliphatic rings. The number of carbonyl (C=O) groups excluding carboxylic acids is 4. The second kappa shape index (κ2) is 7.58. The summed E-state index contributed by atoms with van der Waals surface area (Å²) < 4.78 is 9.50. The molecule has 0 aromatic heterocycles. The molecule has 18 heavy (non-hydrogen) atoms. The summed E-state index contributed by atoms with van der Waals surface area (Å²) in [7, 11) is 0. The molecule has 2 atom stereocenters. The average molecular weight is 258 g/mol. The van der Waals surface area contributed by atoms with Crippen LogP contribution in [0.4, 0.5) is 0 Å². The highest BCUT2D eigenvalue weighted by atomic mass is 16.6. The van der Waals surface area contributed by atoms with Gasteiger partial charge >= 0.3 is 11.9 Å². The van der Waals surface area contributed by atoms with Crippen molar-refractivity contribution >= 4 is 23.5 Å². The molecule has 0 amide bonds. The van der Waals surface area contributed by atoms with E-state index in [4.69, 9.17) is 9.47 Å². The number of hydrogen-bond acceptors (Lipinski definition) is 6. The lowest BCUT2D eigenvalue weighted by molar-refractivity contribution is -0.158. The van der Waals surface area contributed by atoms with E-state index in [1.54, 1.807) is 0 Å². The lowest BCUT2D eigenvalue weighted by Gasteiger charge is -2.11. The minimum absolute atomic E-state index is 0.179. The second-order valence-corrected chi connectivity index (χ2v) is 3.99. The maximum atomic E-state index is 11.2. The first kappa shape index (κ1) is 16.3. The number of ketones is 2. The van der Waals surface area contributed by atoms with Crippen molar-refractivity contribution < 1.29 is 28.7 Å². The second-order valence-electron chi connectivity index (χ2n) is 3.99. The molecule has 0 heterocycles. The molecule has 6 heteroatoms. The zero-order valence-electron chi connectivity index (χ0n) is 11.0. The summed E-state index contributed by atoms with van der Waals surface area (Å²) in [5.74, 6) is -1.83. The van der Waals surface area contributed by atoms with E-state index in [2.05, 4.69) is 0 Å². The normalized spacial score (nSPS) is 13.3. The molecule has 0 aliphatic heterocycles. The minimum Gasteiger partial charge on any atom is -0.455 e. The van der Waals surface area contributed by atoms with Gasteiger partial charge in [-0.1, -0.05) is 0 Å². The van der Waals surface area contributed by atoms with Gasteiger partial charge in [0.15, 0.2) is 23.8 Å². The number of ether oxygens (including phenoxy) is 2. The summed E-state index contributed by atoms with van der Waals surface area (Å²) >= 11 is 0. The van der Waals surface area contributed by atoms with E-state index in [-0.39, 0.29) is 24.4 Å². The average Bonchev–Trinajstić information content (AvgIpc) is 2.25. The zero-order valence-corrected chi connectivity index (χ0v) is 11.0. The van der Waals surface area contributed by atoms with Crippen molar-refractivity contribution in [3.63, 3.8) is 0 Å². The summed E-state index contributed by atoms with van der Waals surface area (Å²) in [6, 6.07) is 0. The summed E-state index contributed by atoms with van der Waals surface area (Å²) in [6.07, 6.45) is -1.99. The largest absolute Gasteiger partial charge is 0.455 e. The SMILES string of the molecule is CC(=O)C(C)OC(=O)CCC(=O)OC(C)C(C)=O. The Hall–Kier alpha value is -1.72. The van der Waals surface area contributed by atoms with Crippen LogP contribution in [0.2, 0.25) is 0 Å². The Morgan fingerprint density at radius 3 is 1.28 bits per heavy atom. The standard InChI is InChI=1S/C12H18O6/c1-7(13)9(3)17-11(15)5-6-12(16)18-10(4)8(2)14/h9-10H,5-6H2,1-4H3. The monoisotopic (exact) mass is 258 g/mol. The van der Waals surface area contributed by atoms with Crippen LogP contribution in [0.25, 0.3) is 0 Å². The number of Topliss-reactive ketones (excluding diaryl/α,β-unsaturated/α-hetero) is 2. The number of esters is 2. The van der Waals surface area contributed by atoms with Gasteiger partial charge in [0.05, 0.1) is 12.8 Å². The topological polar surface area (TPSA) is 86.7 Å². The van der Waals surface area contributed by atoms with Crippen molar-refractivity contribution in [1.82, 2.24) is 0 Å². The predicted molar refractivity (Wildman–Crippen MR) is 61.7 cm³/mol. The van der Waals surface area contributed by atoms with Crippen LogP contribution in [0.3, 0.4) is 0 Å². The smallest absolute Gasteiger partial charge is 0.307 e. The molecule has 0 fully saturated rings. The van der Waals surface area contributed by atoms with Crippen LogP contribution in [0.15, 0.2) is 0 Å². The van der Waals surface area contributed by atoms with Gasteiger partial charge in [0.1, 0.15) is 0 Å². The van der Waals surface area contributed by atoms with Gasteiger partial charge in [-0.25, -0.2) is 0 Å². The molecule has 0 N–H and O–H groups in total. The molecule has 0 aliphatic carbocycles. The molecule has 2 unspecified atom stereocenters. The molecular formula is C12H18O6. The third kappa shape index (κ3) is 6.78. The minimum atomic E-state index is -0.815. The van der Waals surface area contributed by atoms with Crippen molar-refractivity contribution in [2.75, 3.05) is 0 Å². The van der Waals surface area contributed by atoms with Gasteiger partial charge in [-0.3, -0.25) is 19.2 Å². The quantitative estimate of drug-likeness (QED) is 0.628. The highest BCUT2D eigenvalue weighted by Crippen LogP contribution is 2.02. The van der Waals surface area contributed by atoms with E-state index < -0.39 is 24.1 Å². The molecule has 6 nitrogen and oxygen atoms in total. The van der Waals surface area contributed by atoms with Crippen LogP contribution >= 0.6 is 0 Å². The molecule has 0 spiro atoms. The summed E-state index contributed by atoms with van der Waals surface area (Å²) in [6.45, 7) is 5.52. The first-order valence-corrected chi connectivity index (χ1v) is 5.64. The van der Waals surface area contributed by atoms with Crippen molar-refractivity contribution in [3.05, 3.63) is 0 Å². The number of carbonyl (C=O) groups is 4. The van der Waals surface area contributed by atoms with Crippen LogP contribution in [0.1, 0.15) is 40.5 Å². The van der Waals surface area contributed by atoms with Crippen LogP contribution in [-0.2, 0) is 28.7 Å². The van der Waals surface area contributed by atoms with Crippen molar-refractivity contribution in [2.24, 2.45) is 0 Å². The third-order valence-corrected chi connectivity index (χ3v) is 2.29. The van der Waals surface area contributed by atoms with Crippen LogP contribution in [-0.4, -0.2) is 35.7 Å². The zero-order chi connectivity index (χ0) is 14.3. The van der Waals surface area contributed by atoms with Gasteiger partial charge in [-0.05, 0) is 27.7 Å². The molecule has 0 radical (unpaired) electrons. The fourth-order valence-electron chi connectivity index (χ4n) is 0.882. The number of hydrogen-bond donors (Lipinski definition) is 0. The first-order valence-electron chi connectivity index (χ1n) is 5.64. The Morgan fingerprint density at radius 1 is 0.778 bits per heavy atom. The van der Waals surface area contributed by atoms with E-state index in [0.29, 0.717) is 0 Å². The van der Waals surface area contributed by atoms with E-state index in [1.807, 2.05) is 0 Å². The Balaban J connectivity index is 3.96. The highest BCUT2D eigenvalue weighted by molar-refractivity contribution is 5.85. The van der Waals surface area contributed by atoms with Crippen molar-refractivity contribution in [1.29, 1.82) is 0 Å². The first-order chi connectivity index (χ1) is 8.23. The van der Waals surface area contributed by atoms with E-state index >= 15 is 0 Å². The molecule has 0 saturated heterocycles. The molecule has 0 saturated carbocycles. The predicted octanol–water partition coefficient (Wildman–Crippen LogP) is 0.808. The fraction of sp³-hybridized carbons (Fsp3) is 0.667. The van der Waals surface area contributed by atoms with E-state index in [9.17, 15) is 19.2 Å².